The molecule has 6 nitrogen and oxygen atoms in total. The van der Waals surface area contributed by atoms with E-state index in [-0.39, 0.29) is 11.5 Å². The van der Waals surface area contributed by atoms with E-state index >= 15 is 0 Å². The number of amides is 1. The zero-order valence-corrected chi connectivity index (χ0v) is 11.2. The second kappa shape index (κ2) is 7.45. The third-order valence-corrected chi connectivity index (χ3v) is 2.23. The SMILES string of the molecule is CCOc1ccc(NC(C)=O)c(NC=C(C#N)C#N)c1. The molecule has 1 aromatic rings. The first-order chi connectivity index (χ1) is 9.60. The van der Waals surface area contributed by atoms with Gasteiger partial charge in [0, 0.05) is 19.2 Å². The number of benzene rings is 1. The first-order valence-corrected chi connectivity index (χ1v) is 5.92. The summed E-state index contributed by atoms with van der Waals surface area (Å²) in [5.41, 5.74) is 1.00. The highest BCUT2D eigenvalue weighted by Crippen LogP contribution is 2.27. The first-order valence-electron chi connectivity index (χ1n) is 5.92. The molecule has 0 saturated heterocycles. The molecule has 0 atom stereocenters. The number of nitrogens with one attached hydrogen (secondary N) is 2. The van der Waals surface area contributed by atoms with E-state index in [4.69, 9.17) is 15.3 Å². The van der Waals surface area contributed by atoms with Gasteiger partial charge < -0.3 is 15.4 Å². The van der Waals surface area contributed by atoms with Crippen molar-refractivity contribution in [2.24, 2.45) is 0 Å². The Morgan fingerprint density at radius 1 is 1.35 bits per heavy atom. The molecule has 0 fully saturated rings. The van der Waals surface area contributed by atoms with Gasteiger partial charge in [-0.25, -0.2) is 0 Å². The lowest BCUT2D eigenvalue weighted by Crippen LogP contribution is -2.08. The van der Waals surface area contributed by atoms with Crippen molar-refractivity contribution < 1.29 is 9.53 Å². The average molecular weight is 270 g/mol. The maximum absolute atomic E-state index is 11.1. The van der Waals surface area contributed by atoms with Gasteiger partial charge in [0.2, 0.25) is 5.91 Å². The van der Waals surface area contributed by atoms with Crippen LogP contribution in [0.4, 0.5) is 11.4 Å². The number of carbonyl (C=O) groups is 1. The van der Waals surface area contributed by atoms with Crippen molar-refractivity contribution in [1.29, 1.82) is 10.5 Å². The number of hydrogen-bond donors (Lipinski definition) is 2. The fourth-order valence-electron chi connectivity index (χ4n) is 1.44. The van der Waals surface area contributed by atoms with Gasteiger partial charge in [-0.05, 0) is 19.1 Å². The Morgan fingerprint density at radius 3 is 2.60 bits per heavy atom. The quantitative estimate of drug-likeness (QED) is 0.800. The standard InChI is InChI=1S/C14H14N4O2/c1-3-20-12-4-5-13(18-10(2)19)14(6-12)17-9-11(7-15)8-16/h4-6,9,17H,3H2,1-2H3,(H,18,19). The molecule has 102 valence electrons. The van der Waals surface area contributed by atoms with Crippen molar-refractivity contribution in [3.63, 3.8) is 0 Å². The van der Waals surface area contributed by atoms with Gasteiger partial charge in [-0.1, -0.05) is 0 Å². The number of allylic oxidation sites excluding steroid dienone is 1. The van der Waals surface area contributed by atoms with E-state index in [1.165, 1.54) is 13.1 Å². The van der Waals surface area contributed by atoms with E-state index in [1.807, 2.05) is 6.92 Å². The average Bonchev–Trinajstić information content (AvgIpc) is 2.42. The summed E-state index contributed by atoms with van der Waals surface area (Å²) >= 11 is 0. The van der Waals surface area contributed by atoms with Gasteiger partial charge >= 0.3 is 0 Å². The lowest BCUT2D eigenvalue weighted by Gasteiger charge is -2.12. The van der Waals surface area contributed by atoms with Gasteiger partial charge in [-0.3, -0.25) is 4.79 Å². The molecule has 0 aliphatic rings. The van der Waals surface area contributed by atoms with E-state index in [0.29, 0.717) is 23.7 Å². The van der Waals surface area contributed by atoms with E-state index in [9.17, 15) is 4.79 Å². The third kappa shape index (κ3) is 4.35. The maximum Gasteiger partial charge on any atom is 0.221 e. The Bertz CT molecular complexity index is 593. The molecule has 20 heavy (non-hydrogen) atoms. The van der Waals surface area contributed by atoms with Crippen LogP contribution in [0, 0.1) is 22.7 Å². The fourth-order valence-corrected chi connectivity index (χ4v) is 1.44. The molecule has 1 rings (SSSR count). The van der Waals surface area contributed by atoms with Crippen LogP contribution in [-0.2, 0) is 4.79 Å². The van der Waals surface area contributed by atoms with Crippen molar-refractivity contribution in [3.05, 3.63) is 30.0 Å². The lowest BCUT2D eigenvalue weighted by molar-refractivity contribution is -0.114. The molecule has 0 aliphatic carbocycles. The first kappa shape index (κ1) is 15.1. The van der Waals surface area contributed by atoms with Gasteiger partial charge in [0.05, 0.1) is 18.0 Å². The zero-order valence-electron chi connectivity index (χ0n) is 11.2. The maximum atomic E-state index is 11.1. The third-order valence-electron chi connectivity index (χ3n) is 2.23. The van der Waals surface area contributed by atoms with Crippen LogP contribution in [0.25, 0.3) is 0 Å². The van der Waals surface area contributed by atoms with Gasteiger partial charge in [0.1, 0.15) is 23.5 Å². The van der Waals surface area contributed by atoms with E-state index in [2.05, 4.69) is 10.6 Å². The second-order valence-corrected chi connectivity index (χ2v) is 3.75. The number of nitrogens with zero attached hydrogens (tertiary/aromatic N) is 2. The summed E-state index contributed by atoms with van der Waals surface area (Å²) in [4.78, 5) is 11.1. The largest absolute Gasteiger partial charge is 0.494 e. The molecule has 0 saturated carbocycles. The number of rotatable bonds is 5. The van der Waals surface area contributed by atoms with Crippen molar-refractivity contribution >= 4 is 17.3 Å². The molecular weight excluding hydrogens is 256 g/mol. The van der Waals surface area contributed by atoms with Crippen molar-refractivity contribution in [1.82, 2.24) is 0 Å². The number of hydrogen-bond acceptors (Lipinski definition) is 5. The predicted octanol–water partition coefficient (Wildman–Crippen LogP) is 2.39. The highest BCUT2D eigenvalue weighted by Gasteiger charge is 2.06. The fraction of sp³-hybridized carbons (Fsp3) is 0.214. The summed E-state index contributed by atoms with van der Waals surface area (Å²) in [7, 11) is 0. The number of carbonyl (C=O) groups excluding carboxylic acids is 1. The highest BCUT2D eigenvalue weighted by atomic mass is 16.5. The monoisotopic (exact) mass is 270 g/mol. The van der Waals surface area contributed by atoms with E-state index in [1.54, 1.807) is 30.3 Å². The molecule has 0 spiro atoms. The molecule has 0 bridgehead atoms. The Morgan fingerprint density at radius 2 is 2.05 bits per heavy atom. The summed E-state index contributed by atoms with van der Waals surface area (Å²) in [5.74, 6) is 0.398. The molecule has 1 amide bonds. The zero-order chi connectivity index (χ0) is 15.0. The molecular formula is C14H14N4O2. The number of ether oxygens (including phenoxy) is 1. The highest BCUT2D eigenvalue weighted by molar-refractivity contribution is 5.93. The molecule has 0 radical (unpaired) electrons. The Hall–Kier alpha value is -2.99. The number of nitriles is 2. The Kier molecular flexibility index (Phi) is 5.61. The summed E-state index contributed by atoms with van der Waals surface area (Å²) in [6.07, 6.45) is 1.27. The van der Waals surface area contributed by atoms with Crippen LogP contribution in [0.1, 0.15) is 13.8 Å². The minimum Gasteiger partial charge on any atom is -0.494 e. The number of anilines is 2. The van der Waals surface area contributed by atoms with E-state index in [0.717, 1.165) is 0 Å². The smallest absolute Gasteiger partial charge is 0.221 e. The van der Waals surface area contributed by atoms with Gasteiger partial charge in [-0.2, -0.15) is 10.5 Å². The summed E-state index contributed by atoms with van der Waals surface area (Å²) < 4.78 is 5.36. The molecule has 0 unspecified atom stereocenters. The lowest BCUT2D eigenvalue weighted by atomic mass is 10.2. The van der Waals surface area contributed by atoms with Crippen LogP contribution < -0.4 is 15.4 Å². The minimum atomic E-state index is -0.220. The molecule has 1 aromatic carbocycles. The summed E-state index contributed by atoms with van der Waals surface area (Å²) in [6.45, 7) is 3.76. The van der Waals surface area contributed by atoms with Crippen molar-refractivity contribution in [2.45, 2.75) is 13.8 Å². The van der Waals surface area contributed by atoms with Gasteiger partial charge in [0.25, 0.3) is 0 Å². The normalized spacial score (nSPS) is 8.80. The van der Waals surface area contributed by atoms with Crippen molar-refractivity contribution in [3.8, 4) is 17.9 Å². The van der Waals surface area contributed by atoms with Gasteiger partial charge in [0.15, 0.2) is 0 Å². The second-order valence-electron chi connectivity index (χ2n) is 3.75. The predicted molar refractivity (Wildman–Crippen MR) is 74.8 cm³/mol. The summed E-state index contributed by atoms with van der Waals surface area (Å²) in [6, 6.07) is 8.56. The Balaban J connectivity index is 3.08. The van der Waals surface area contributed by atoms with Crippen LogP contribution in [0.3, 0.4) is 0 Å². The molecule has 0 aliphatic heterocycles. The van der Waals surface area contributed by atoms with Crippen LogP contribution in [0.15, 0.2) is 30.0 Å². The van der Waals surface area contributed by atoms with Crippen LogP contribution >= 0.6 is 0 Å². The Labute approximate surface area is 117 Å². The van der Waals surface area contributed by atoms with Crippen LogP contribution in [0.2, 0.25) is 0 Å². The molecule has 0 aromatic heterocycles. The molecule has 6 heteroatoms. The van der Waals surface area contributed by atoms with Crippen LogP contribution in [-0.4, -0.2) is 12.5 Å². The van der Waals surface area contributed by atoms with E-state index < -0.39 is 0 Å². The molecule has 2 N–H and O–H groups in total. The van der Waals surface area contributed by atoms with Crippen LogP contribution in [0.5, 0.6) is 5.75 Å². The topological polar surface area (TPSA) is 97.9 Å². The molecule has 0 heterocycles. The summed E-state index contributed by atoms with van der Waals surface area (Å²) in [5, 5.41) is 22.8. The van der Waals surface area contributed by atoms with Gasteiger partial charge in [-0.15, -0.1) is 0 Å². The van der Waals surface area contributed by atoms with Crippen molar-refractivity contribution in [2.75, 3.05) is 17.2 Å². The minimum absolute atomic E-state index is 0.0689.